The number of rotatable bonds is 5. The number of allylic oxidation sites excluding steroid dienone is 1. The monoisotopic (exact) mass is 352 g/mol. The number of carbonyl (C=O) groups is 2. The highest BCUT2D eigenvalue weighted by molar-refractivity contribution is 6.01. The second-order valence-corrected chi connectivity index (χ2v) is 6.61. The Morgan fingerprint density at radius 2 is 1.77 bits per heavy atom. The summed E-state index contributed by atoms with van der Waals surface area (Å²) in [5.41, 5.74) is 0.795. The van der Waals surface area contributed by atoms with Crippen LogP contribution in [0.5, 0.6) is 0 Å². The van der Waals surface area contributed by atoms with Gasteiger partial charge in [0.1, 0.15) is 0 Å². The van der Waals surface area contributed by atoms with E-state index in [0.29, 0.717) is 6.42 Å². The van der Waals surface area contributed by atoms with Crippen molar-refractivity contribution in [2.45, 2.75) is 32.6 Å². The van der Waals surface area contributed by atoms with Crippen molar-refractivity contribution >= 4 is 22.7 Å². The number of carbonyl (C=O) groups excluding carboxylic acids is 2. The molecule has 0 saturated carbocycles. The van der Waals surface area contributed by atoms with Gasteiger partial charge in [-0.1, -0.05) is 42.5 Å². The Hall–Kier alpha value is -2.62. The van der Waals surface area contributed by atoms with Crippen molar-refractivity contribution in [3.63, 3.8) is 0 Å². The van der Waals surface area contributed by atoms with Crippen LogP contribution in [0.4, 0.5) is 0 Å². The van der Waals surface area contributed by atoms with Crippen LogP contribution in [0.2, 0.25) is 0 Å². The van der Waals surface area contributed by atoms with Gasteiger partial charge in [-0.2, -0.15) is 0 Å². The zero-order valence-corrected chi connectivity index (χ0v) is 15.3. The summed E-state index contributed by atoms with van der Waals surface area (Å²) in [7, 11) is 0. The topological polar surface area (TPSA) is 52.6 Å². The summed E-state index contributed by atoms with van der Waals surface area (Å²) in [6.45, 7) is 7.90. The number of benzene rings is 2. The molecule has 0 aliphatic heterocycles. The summed E-state index contributed by atoms with van der Waals surface area (Å²) in [6.07, 6.45) is 2.42. The number of ether oxygens (including phenoxy) is 2. The molecule has 26 heavy (non-hydrogen) atoms. The van der Waals surface area contributed by atoms with E-state index in [1.54, 1.807) is 13.8 Å². The molecule has 0 fully saturated rings. The predicted molar refractivity (Wildman–Crippen MR) is 101 cm³/mol. The second kappa shape index (κ2) is 7.32. The van der Waals surface area contributed by atoms with Crippen LogP contribution in [0, 0.1) is 5.41 Å². The van der Waals surface area contributed by atoms with Gasteiger partial charge < -0.3 is 9.47 Å². The average molecular weight is 352 g/mol. The minimum atomic E-state index is -1.32. The fourth-order valence-electron chi connectivity index (χ4n) is 3.94. The minimum Gasteiger partial charge on any atom is -0.465 e. The molecule has 136 valence electrons. The van der Waals surface area contributed by atoms with Gasteiger partial charge in [-0.3, -0.25) is 9.59 Å². The van der Waals surface area contributed by atoms with Crippen molar-refractivity contribution in [2.24, 2.45) is 5.41 Å². The Labute approximate surface area is 153 Å². The van der Waals surface area contributed by atoms with Gasteiger partial charge in [0, 0.05) is 5.92 Å². The van der Waals surface area contributed by atoms with E-state index in [4.69, 9.17) is 9.47 Å². The van der Waals surface area contributed by atoms with Crippen molar-refractivity contribution in [1.29, 1.82) is 0 Å². The summed E-state index contributed by atoms with van der Waals surface area (Å²) in [5.74, 6) is -1.15. The normalized spacial score (nSPS) is 18.0. The zero-order valence-electron chi connectivity index (χ0n) is 15.3. The van der Waals surface area contributed by atoms with Crippen molar-refractivity contribution in [3.05, 3.63) is 60.2 Å². The van der Waals surface area contributed by atoms with Crippen LogP contribution in [-0.2, 0) is 25.5 Å². The van der Waals surface area contributed by atoms with Gasteiger partial charge >= 0.3 is 11.9 Å². The molecule has 0 N–H and O–H groups in total. The van der Waals surface area contributed by atoms with E-state index in [9.17, 15) is 9.59 Å². The molecular formula is C22H24O4. The van der Waals surface area contributed by atoms with Gasteiger partial charge in [-0.15, -0.1) is 6.58 Å². The molecule has 0 heterocycles. The molecule has 2 aromatic carbocycles. The second-order valence-electron chi connectivity index (χ2n) is 6.61. The molecule has 4 nitrogen and oxygen atoms in total. The molecule has 4 heteroatoms. The highest BCUT2D eigenvalue weighted by Crippen LogP contribution is 2.47. The van der Waals surface area contributed by atoms with Crippen LogP contribution < -0.4 is 0 Å². The van der Waals surface area contributed by atoms with Gasteiger partial charge in [-0.25, -0.2) is 0 Å². The first-order chi connectivity index (χ1) is 12.6. The SMILES string of the molecule is C=CC1CC(C(=O)OCC)(C(=O)OCC)Cc2ccc3ccccc3c21. The first-order valence-electron chi connectivity index (χ1n) is 9.05. The molecule has 1 aliphatic carbocycles. The summed E-state index contributed by atoms with van der Waals surface area (Å²) in [5, 5.41) is 2.27. The molecule has 1 unspecified atom stereocenters. The predicted octanol–water partition coefficient (Wildman–Crippen LogP) is 4.17. The Kier molecular flexibility index (Phi) is 5.12. The molecule has 0 bridgehead atoms. The fourth-order valence-corrected chi connectivity index (χ4v) is 3.94. The maximum absolute atomic E-state index is 12.8. The van der Waals surface area contributed by atoms with E-state index in [2.05, 4.69) is 18.7 Å². The smallest absolute Gasteiger partial charge is 0.323 e. The fraction of sp³-hybridized carbons (Fsp3) is 0.364. The highest BCUT2D eigenvalue weighted by atomic mass is 16.6. The molecule has 0 spiro atoms. The highest BCUT2D eigenvalue weighted by Gasteiger charge is 2.53. The third kappa shape index (κ3) is 2.90. The largest absolute Gasteiger partial charge is 0.465 e. The lowest BCUT2D eigenvalue weighted by Gasteiger charge is -2.37. The lowest BCUT2D eigenvalue weighted by molar-refractivity contribution is -0.173. The van der Waals surface area contributed by atoms with Gasteiger partial charge in [0.15, 0.2) is 5.41 Å². The van der Waals surface area contributed by atoms with Gasteiger partial charge in [0.2, 0.25) is 0 Å². The van der Waals surface area contributed by atoms with Crippen molar-refractivity contribution < 1.29 is 19.1 Å². The van der Waals surface area contributed by atoms with Gasteiger partial charge in [0.25, 0.3) is 0 Å². The van der Waals surface area contributed by atoms with Crippen LogP contribution in [0.3, 0.4) is 0 Å². The Bertz CT molecular complexity index is 834. The molecule has 0 amide bonds. The van der Waals surface area contributed by atoms with Crippen LogP contribution in [0.1, 0.15) is 37.3 Å². The molecule has 1 atom stereocenters. The molecule has 1 aliphatic rings. The van der Waals surface area contributed by atoms with E-state index in [1.165, 1.54) is 0 Å². The standard InChI is InChI=1S/C22H24O4/c1-4-15-13-22(20(23)25-5-2,21(24)26-6-3)14-17-12-11-16-9-7-8-10-18(16)19(15)17/h4,7-12,15H,1,5-6,13-14H2,2-3H3. The van der Waals surface area contributed by atoms with Crippen molar-refractivity contribution in [3.8, 4) is 0 Å². The number of fused-ring (bicyclic) bond motifs is 3. The Morgan fingerprint density at radius 1 is 1.12 bits per heavy atom. The third-order valence-corrected chi connectivity index (χ3v) is 5.11. The molecule has 0 saturated heterocycles. The Morgan fingerprint density at radius 3 is 2.38 bits per heavy atom. The van der Waals surface area contributed by atoms with Crippen LogP contribution in [-0.4, -0.2) is 25.2 Å². The zero-order chi connectivity index (χ0) is 18.7. The number of hydrogen-bond donors (Lipinski definition) is 0. The summed E-state index contributed by atoms with van der Waals surface area (Å²) in [6, 6.07) is 12.2. The van der Waals surface area contributed by atoms with Crippen LogP contribution in [0.25, 0.3) is 10.8 Å². The van der Waals surface area contributed by atoms with Gasteiger partial charge in [0.05, 0.1) is 13.2 Å². The van der Waals surface area contributed by atoms with E-state index >= 15 is 0 Å². The van der Waals surface area contributed by atoms with Crippen molar-refractivity contribution in [1.82, 2.24) is 0 Å². The van der Waals surface area contributed by atoms with E-state index in [0.717, 1.165) is 21.9 Å². The van der Waals surface area contributed by atoms with Gasteiger partial charge in [-0.05, 0) is 48.6 Å². The van der Waals surface area contributed by atoms with Crippen LogP contribution >= 0.6 is 0 Å². The lowest BCUT2D eigenvalue weighted by Crippen LogP contribution is -2.47. The maximum Gasteiger partial charge on any atom is 0.323 e. The summed E-state index contributed by atoms with van der Waals surface area (Å²) < 4.78 is 10.5. The first kappa shape index (κ1) is 18.2. The number of esters is 2. The van der Waals surface area contributed by atoms with E-state index in [-0.39, 0.29) is 25.6 Å². The molecule has 0 aromatic heterocycles. The quantitative estimate of drug-likeness (QED) is 0.460. The Balaban J connectivity index is 2.17. The molecule has 3 rings (SSSR count). The summed E-state index contributed by atoms with van der Waals surface area (Å²) >= 11 is 0. The van der Waals surface area contributed by atoms with E-state index in [1.807, 2.05) is 30.3 Å². The summed E-state index contributed by atoms with van der Waals surface area (Å²) in [4.78, 5) is 25.6. The van der Waals surface area contributed by atoms with E-state index < -0.39 is 17.4 Å². The lowest BCUT2D eigenvalue weighted by atomic mass is 9.66. The molecular weight excluding hydrogens is 328 g/mol. The molecule has 2 aromatic rings. The molecule has 0 radical (unpaired) electrons. The number of hydrogen-bond acceptors (Lipinski definition) is 4. The van der Waals surface area contributed by atoms with Crippen LogP contribution in [0.15, 0.2) is 49.1 Å². The maximum atomic E-state index is 12.8. The minimum absolute atomic E-state index is 0.126. The third-order valence-electron chi connectivity index (χ3n) is 5.11. The van der Waals surface area contributed by atoms with Crippen molar-refractivity contribution in [2.75, 3.05) is 13.2 Å². The average Bonchev–Trinajstić information content (AvgIpc) is 2.67. The first-order valence-corrected chi connectivity index (χ1v) is 9.05.